The second kappa shape index (κ2) is 6.49. The highest BCUT2D eigenvalue weighted by molar-refractivity contribution is 7.93. The van der Waals surface area contributed by atoms with Crippen LogP contribution in [0.5, 0.6) is 5.75 Å². The maximum absolute atomic E-state index is 13.0. The summed E-state index contributed by atoms with van der Waals surface area (Å²) in [6, 6.07) is 11.0. The average molecular weight is 411 g/mol. The summed E-state index contributed by atoms with van der Waals surface area (Å²) in [6.45, 7) is 2.29. The molecule has 0 saturated heterocycles. The van der Waals surface area contributed by atoms with Gasteiger partial charge in [0, 0.05) is 28.6 Å². The van der Waals surface area contributed by atoms with E-state index in [0.29, 0.717) is 28.6 Å². The Bertz CT molecular complexity index is 1300. The van der Waals surface area contributed by atoms with Gasteiger partial charge in [0.05, 0.1) is 16.1 Å². The van der Waals surface area contributed by atoms with Gasteiger partial charge < -0.3 is 15.1 Å². The highest BCUT2D eigenvalue weighted by atomic mass is 32.2. The Morgan fingerprint density at radius 3 is 2.62 bits per heavy atom. The van der Waals surface area contributed by atoms with Crippen LogP contribution in [0.15, 0.2) is 53.4 Å². The van der Waals surface area contributed by atoms with Crippen LogP contribution in [0, 0.1) is 0 Å². The normalized spacial score (nSPS) is 13.1. The van der Waals surface area contributed by atoms with Crippen LogP contribution in [0.1, 0.15) is 27.6 Å². The molecule has 1 aliphatic rings. The first kappa shape index (κ1) is 18.8. The largest absolute Gasteiger partial charge is 0.872 e. The lowest BCUT2D eigenvalue weighted by molar-refractivity contribution is -0.268. The predicted molar refractivity (Wildman–Crippen MR) is 105 cm³/mol. The molecular formula is C20H15N2O6S-. The van der Waals surface area contributed by atoms with Crippen molar-refractivity contribution in [3.8, 4) is 5.75 Å². The van der Waals surface area contributed by atoms with E-state index in [2.05, 4.69) is 4.72 Å². The second-order valence-electron chi connectivity index (χ2n) is 6.48. The summed E-state index contributed by atoms with van der Waals surface area (Å²) < 4.78 is 28.4. The lowest BCUT2D eigenvalue weighted by atomic mass is 10.1. The van der Waals surface area contributed by atoms with Crippen LogP contribution >= 0.6 is 0 Å². The lowest BCUT2D eigenvalue weighted by Crippen LogP contribution is -2.25. The molecule has 2 N–H and O–H groups in total. The van der Waals surface area contributed by atoms with Gasteiger partial charge in [0.1, 0.15) is 0 Å². The number of hydrogen-bond acceptors (Lipinski definition) is 5. The van der Waals surface area contributed by atoms with Crippen molar-refractivity contribution in [2.45, 2.75) is 11.8 Å². The van der Waals surface area contributed by atoms with Crippen LogP contribution < -0.4 is 14.7 Å². The minimum absolute atomic E-state index is 0.0449. The number of sulfonamides is 1. The van der Waals surface area contributed by atoms with Crippen LogP contribution in [0.25, 0.3) is 10.8 Å². The summed E-state index contributed by atoms with van der Waals surface area (Å²) in [5.41, 5.74) is 0.498. The van der Waals surface area contributed by atoms with Gasteiger partial charge >= 0.3 is 5.97 Å². The monoisotopic (exact) mass is 411 g/mol. The maximum atomic E-state index is 13.0. The zero-order chi connectivity index (χ0) is 20.9. The van der Waals surface area contributed by atoms with Crippen molar-refractivity contribution < 1.29 is 28.2 Å². The quantitative estimate of drug-likeness (QED) is 0.664. The van der Waals surface area contributed by atoms with Crippen molar-refractivity contribution in [3.63, 3.8) is 0 Å². The molecule has 1 aliphatic heterocycles. The number of rotatable bonds is 5. The number of amides is 1. The molecule has 0 radical (unpaired) electrons. The molecule has 0 aromatic heterocycles. The fourth-order valence-electron chi connectivity index (χ4n) is 3.54. The maximum Gasteiger partial charge on any atom is 0.335 e. The lowest BCUT2D eigenvalue weighted by Gasteiger charge is -2.16. The van der Waals surface area contributed by atoms with Crippen molar-refractivity contribution in [3.05, 3.63) is 59.7 Å². The number of nitrogens with zero attached hydrogens (tertiary/aromatic N) is 1. The molecule has 0 fully saturated rings. The van der Waals surface area contributed by atoms with E-state index in [1.165, 1.54) is 12.1 Å². The summed E-state index contributed by atoms with van der Waals surface area (Å²) >= 11 is 0. The third kappa shape index (κ3) is 2.87. The molecule has 4 rings (SSSR count). The van der Waals surface area contributed by atoms with Crippen LogP contribution in [0.4, 0.5) is 11.4 Å². The third-order valence-corrected chi connectivity index (χ3v) is 6.25. The minimum atomic E-state index is -4.12. The Kier molecular flexibility index (Phi) is 4.20. The van der Waals surface area contributed by atoms with E-state index in [1.807, 2.05) is 6.92 Å². The number of carbonyl (C=O) groups is 2. The summed E-state index contributed by atoms with van der Waals surface area (Å²) in [5.74, 6) is -2.35. The first-order chi connectivity index (χ1) is 13.7. The van der Waals surface area contributed by atoms with E-state index < -0.39 is 27.3 Å². The molecule has 0 atom stereocenters. The fourth-order valence-corrected chi connectivity index (χ4v) is 4.79. The Balaban J connectivity index is 1.84. The van der Waals surface area contributed by atoms with E-state index in [-0.39, 0.29) is 16.5 Å². The van der Waals surface area contributed by atoms with E-state index >= 15 is 0 Å². The van der Waals surface area contributed by atoms with E-state index in [1.54, 1.807) is 29.2 Å². The molecule has 8 nitrogen and oxygen atoms in total. The standard InChI is InChI=1S/C20H16N2O6S/c1-2-22-15-7-9-17(12-4-3-5-13(18(12)15)19(22)24)29(27,28)21-11-6-8-16(23)14(10-11)20(25)26/h3-10,21,23H,2H2,1H3,(H,25,26)/p-1. The van der Waals surface area contributed by atoms with Crippen molar-refractivity contribution in [2.24, 2.45) is 0 Å². The molecule has 9 heteroatoms. The number of aromatic carboxylic acids is 1. The van der Waals surface area contributed by atoms with E-state index in [4.69, 9.17) is 5.11 Å². The zero-order valence-corrected chi connectivity index (χ0v) is 16.0. The summed E-state index contributed by atoms with van der Waals surface area (Å²) in [6.07, 6.45) is 0. The number of anilines is 2. The summed E-state index contributed by atoms with van der Waals surface area (Å²) in [5, 5.41) is 21.6. The topological polar surface area (TPSA) is 127 Å². The highest BCUT2D eigenvalue weighted by Crippen LogP contribution is 2.40. The molecule has 29 heavy (non-hydrogen) atoms. The number of carbonyl (C=O) groups excluding carboxylic acids is 1. The van der Waals surface area contributed by atoms with Gasteiger partial charge in [-0.1, -0.05) is 23.9 Å². The smallest absolute Gasteiger partial charge is 0.335 e. The van der Waals surface area contributed by atoms with Crippen molar-refractivity contribution in [1.29, 1.82) is 0 Å². The molecule has 0 saturated carbocycles. The van der Waals surface area contributed by atoms with Gasteiger partial charge in [-0.05, 0) is 37.3 Å². The van der Waals surface area contributed by atoms with Gasteiger partial charge in [0.2, 0.25) is 0 Å². The molecule has 0 unspecified atom stereocenters. The van der Waals surface area contributed by atoms with Gasteiger partial charge in [-0.15, -0.1) is 0 Å². The Morgan fingerprint density at radius 2 is 1.93 bits per heavy atom. The van der Waals surface area contributed by atoms with Crippen molar-refractivity contribution in [2.75, 3.05) is 16.2 Å². The Labute approximate surface area is 166 Å². The van der Waals surface area contributed by atoms with Crippen molar-refractivity contribution >= 4 is 44.0 Å². The van der Waals surface area contributed by atoms with E-state index in [9.17, 15) is 23.1 Å². The molecule has 0 bridgehead atoms. The number of carboxylic acids is 1. The Morgan fingerprint density at radius 1 is 1.17 bits per heavy atom. The minimum Gasteiger partial charge on any atom is -0.872 e. The fraction of sp³-hybridized carbons (Fsp3) is 0.100. The summed E-state index contributed by atoms with van der Waals surface area (Å²) in [4.78, 5) is 25.2. The van der Waals surface area contributed by atoms with E-state index in [0.717, 1.165) is 12.1 Å². The third-order valence-electron chi connectivity index (χ3n) is 4.81. The molecular weight excluding hydrogens is 396 g/mol. The molecule has 3 aromatic carbocycles. The first-order valence-corrected chi connectivity index (χ1v) is 10.2. The average Bonchev–Trinajstić information content (AvgIpc) is 2.96. The van der Waals surface area contributed by atoms with Gasteiger partial charge in [-0.25, -0.2) is 13.2 Å². The second-order valence-corrected chi connectivity index (χ2v) is 8.13. The predicted octanol–water partition coefficient (Wildman–Crippen LogP) is 2.39. The number of carboxylic acid groups (broad SMARTS) is 1. The van der Waals surface area contributed by atoms with Crippen LogP contribution in [-0.4, -0.2) is 31.9 Å². The van der Waals surface area contributed by atoms with Crippen molar-refractivity contribution in [1.82, 2.24) is 0 Å². The van der Waals surface area contributed by atoms with Gasteiger partial charge in [-0.3, -0.25) is 9.52 Å². The van der Waals surface area contributed by atoms with Crippen LogP contribution in [-0.2, 0) is 10.0 Å². The SMILES string of the molecule is CCN1C(=O)c2cccc3c(S(=O)(=O)Nc4ccc([O-])c(C(=O)O)c4)ccc1c23. The molecule has 148 valence electrons. The van der Waals surface area contributed by atoms with Crippen LogP contribution in [0.2, 0.25) is 0 Å². The highest BCUT2D eigenvalue weighted by Gasteiger charge is 2.31. The number of hydrogen-bond donors (Lipinski definition) is 2. The van der Waals surface area contributed by atoms with Gasteiger partial charge in [0.25, 0.3) is 15.9 Å². The molecule has 1 amide bonds. The number of nitrogens with one attached hydrogen (secondary N) is 1. The summed E-state index contributed by atoms with van der Waals surface area (Å²) in [7, 11) is -4.12. The molecule has 1 heterocycles. The van der Waals surface area contributed by atoms with Gasteiger partial charge in [0.15, 0.2) is 0 Å². The molecule has 3 aromatic rings. The number of benzene rings is 3. The Hall–Kier alpha value is -3.59. The molecule has 0 aliphatic carbocycles. The van der Waals surface area contributed by atoms with Crippen LogP contribution in [0.3, 0.4) is 0 Å². The zero-order valence-electron chi connectivity index (χ0n) is 15.2. The molecule has 0 spiro atoms. The first-order valence-electron chi connectivity index (χ1n) is 8.69. The van der Waals surface area contributed by atoms with Gasteiger partial charge in [-0.2, -0.15) is 0 Å².